The first-order valence-electron chi connectivity index (χ1n) is 9.40. The molecule has 0 aliphatic carbocycles. The predicted octanol–water partition coefficient (Wildman–Crippen LogP) is 3.35. The van der Waals surface area contributed by atoms with E-state index in [1.807, 2.05) is 6.07 Å². The number of nitrogens with zero attached hydrogens (tertiary/aromatic N) is 3. The summed E-state index contributed by atoms with van der Waals surface area (Å²) in [6.45, 7) is 3.63. The number of carbonyl (C=O) groups is 1. The van der Waals surface area contributed by atoms with Crippen molar-refractivity contribution in [2.24, 2.45) is 13.0 Å². The second kappa shape index (κ2) is 8.38. The molecule has 30 heavy (non-hydrogen) atoms. The molecule has 1 fully saturated rings. The molecule has 3 rings (SSSR count). The zero-order valence-corrected chi connectivity index (χ0v) is 18.4. The molecule has 1 saturated heterocycles. The molecule has 1 atom stereocenters. The third-order valence-corrected chi connectivity index (χ3v) is 7.89. The van der Waals surface area contributed by atoms with Gasteiger partial charge in [-0.3, -0.25) is 4.79 Å². The van der Waals surface area contributed by atoms with Crippen LogP contribution < -0.4 is 5.32 Å². The van der Waals surface area contributed by atoms with Gasteiger partial charge in [0.2, 0.25) is 15.9 Å². The smallest absolute Gasteiger partial charge is 0.246 e. The fourth-order valence-electron chi connectivity index (χ4n) is 3.69. The summed E-state index contributed by atoms with van der Waals surface area (Å²) in [6, 6.07) is 5.85. The van der Waals surface area contributed by atoms with Gasteiger partial charge in [0.15, 0.2) is 0 Å². The van der Waals surface area contributed by atoms with Crippen molar-refractivity contribution in [1.82, 2.24) is 8.87 Å². The molecule has 0 radical (unpaired) electrons. The van der Waals surface area contributed by atoms with Gasteiger partial charge in [-0.2, -0.15) is 9.57 Å². The van der Waals surface area contributed by atoms with Crippen molar-refractivity contribution in [2.75, 3.05) is 18.4 Å². The molecular formula is C20H22ClFN4O3S. The van der Waals surface area contributed by atoms with Gasteiger partial charge in [-0.15, -0.1) is 0 Å². The molecular weight excluding hydrogens is 431 g/mol. The van der Waals surface area contributed by atoms with Crippen molar-refractivity contribution in [3.05, 3.63) is 46.0 Å². The molecule has 1 aromatic carbocycles. The Bertz CT molecular complexity index is 1150. The number of amides is 1. The highest BCUT2D eigenvalue weighted by Gasteiger charge is 2.37. The van der Waals surface area contributed by atoms with Crippen LogP contribution in [0, 0.1) is 36.9 Å². The molecule has 1 aromatic heterocycles. The number of rotatable bonds is 4. The van der Waals surface area contributed by atoms with E-state index in [0.29, 0.717) is 29.9 Å². The van der Waals surface area contributed by atoms with E-state index in [1.54, 1.807) is 25.5 Å². The van der Waals surface area contributed by atoms with Crippen molar-refractivity contribution in [3.8, 4) is 6.07 Å². The van der Waals surface area contributed by atoms with Crippen molar-refractivity contribution < 1.29 is 17.6 Å². The number of hydrogen-bond acceptors (Lipinski definition) is 4. The zero-order valence-electron chi connectivity index (χ0n) is 16.9. The third kappa shape index (κ3) is 3.95. The van der Waals surface area contributed by atoms with Gasteiger partial charge in [0, 0.05) is 37.2 Å². The highest BCUT2D eigenvalue weighted by Crippen LogP contribution is 2.31. The van der Waals surface area contributed by atoms with Crippen LogP contribution >= 0.6 is 11.6 Å². The maximum atomic E-state index is 13.3. The Morgan fingerprint density at radius 1 is 1.33 bits per heavy atom. The Morgan fingerprint density at radius 3 is 2.67 bits per heavy atom. The lowest BCUT2D eigenvalue weighted by atomic mass is 9.99. The minimum Gasteiger partial charge on any atom is -0.350 e. The molecule has 0 unspecified atom stereocenters. The largest absolute Gasteiger partial charge is 0.350 e. The number of nitriles is 1. The SMILES string of the molecule is Cc1c(C#N)c(S(=O)(=O)N2CCC[C@H](C(=O)Nc3ccc(F)c(Cl)c3)C2)c(C)n1C. The second-order valence-corrected chi connectivity index (χ2v) is 9.65. The van der Waals surface area contributed by atoms with Gasteiger partial charge in [0.05, 0.1) is 16.5 Å². The molecule has 2 aromatic rings. The number of sulfonamides is 1. The van der Waals surface area contributed by atoms with Gasteiger partial charge in [-0.05, 0) is 44.9 Å². The van der Waals surface area contributed by atoms with Gasteiger partial charge in [-0.1, -0.05) is 11.6 Å². The third-order valence-electron chi connectivity index (χ3n) is 5.58. The van der Waals surface area contributed by atoms with Crippen LogP contribution in [0.3, 0.4) is 0 Å². The van der Waals surface area contributed by atoms with Crippen LogP contribution in [-0.4, -0.2) is 36.3 Å². The molecule has 0 spiro atoms. The molecule has 1 aliphatic heterocycles. The highest BCUT2D eigenvalue weighted by atomic mass is 35.5. The quantitative estimate of drug-likeness (QED) is 0.769. The normalized spacial score (nSPS) is 17.5. The summed E-state index contributed by atoms with van der Waals surface area (Å²) < 4.78 is 42.9. The summed E-state index contributed by atoms with van der Waals surface area (Å²) in [7, 11) is -2.24. The van der Waals surface area contributed by atoms with E-state index in [-0.39, 0.29) is 34.5 Å². The van der Waals surface area contributed by atoms with Crippen molar-refractivity contribution >= 4 is 33.2 Å². The molecule has 1 amide bonds. The first kappa shape index (κ1) is 22.3. The van der Waals surface area contributed by atoms with Gasteiger partial charge < -0.3 is 9.88 Å². The van der Waals surface area contributed by atoms with E-state index in [2.05, 4.69) is 5.32 Å². The lowest BCUT2D eigenvalue weighted by molar-refractivity contribution is -0.120. The van der Waals surface area contributed by atoms with E-state index in [1.165, 1.54) is 16.4 Å². The number of carbonyl (C=O) groups excluding carboxylic acids is 1. The van der Waals surface area contributed by atoms with E-state index in [0.717, 1.165) is 6.07 Å². The zero-order chi connectivity index (χ0) is 22.2. The monoisotopic (exact) mass is 452 g/mol. The Kier molecular flexibility index (Phi) is 6.22. The average Bonchev–Trinajstić information content (AvgIpc) is 2.94. The lowest BCUT2D eigenvalue weighted by Gasteiger charge is -2.31. The number of hydrogen-bond donors (Lipinski definition) is 1. The Morgan fingerprint density at radius 2 is 2.03 bits per heavy atom. The number of halogens is 2. The molecule has 0 saturated carbocycles. The van der Waals surface area contributed by atoms with E-state index in [4.69, 9.17) is 11.6 Å². The van der Waals surface area contributed by atoms with Crippen molar-refractivity contribution in [2.45, 2.75) is 31.6 Å². The molecule has 0 bridgehead atoms. The van der Waals surface area contributed by atoms with Gasteiger partial charge in [-0.25, -0.2) is 12.8 Å². The number of nitrogens with one attached hydrogen (secondary N) is 1. The second-order valence-electron chi connectivity index (χ2n) is 7.37. The van der Waals surface area contributed by atoms with E-state index < -0.39 is 21.8 Å². The molecule has 2 heterocycles. The lowest BCUT2D eigenvalue weighted by Crippen LogP contribution is -2.44. The van der Waals surface area contributed by atoms with Crippen LogP contribution in [0.25, 0.3) is 0 Å². The summed E-state index contributed by atoms with van der Waals surface area (Å²) in [5.74, 6) is -1.53. The number of benzene rings is 1. The van der Waals surface area contributed by atoms with Crippen LogP contribution in [0.5, 0.6) is 0 Å². The number of piperidine rings is 1. The summed E-state index contributed by atoms with van der Waals surface area (Å²) in [6.07, 6.45) is 1.03. The highest BCUT2D eigenvalue weighted by molar-refractivity contribution is 7.89. The van der Waals surface area contributed by atoms with Gasteiger partial charge >= 0.3 is 0 Å². The van der Waals surface area contributed by atoms with Crippen LogP contribution in [-0.2, 0) is 21.9 Å². The summed E-state index contributed by atoms with van der Waals surface area (Å²) in [4.78, 5) is 12.7. The van der Waals surface area contributed by atoms with Gasteiger partial charge in [0.1, 0.15) is 16.8 Å². The molecule has 1 N–H and O–H groups in total. The first-order valence-corrected chi connectivity index (χ1v) is 11.2. The number of aromatic nitrogens is 1. The van der Waals surface area contributed by atoms with Crippen LogP contribution in [0.1, 0.15) is 29.8 Å². The Balaban J connectivity index is 1.84. The molecule has 160 valence electrons. The first-order chi connectivity index (χ1) is 14.1. The van der Waals surface area contributed by atoms with Crippen molar-refractivity contribution in [1.29, 1.82) is 5.26 Å². The van der Waals surface area contributed by atoms with Crippen LogP contribution in [0.15, 0.2) is 23.1 Å². The Hall–Kier alpha value is -2.41. The van der Waals surface area contributed by atoms with Crippen molar-refractivity contribution in [3.63, 3.8) is 0 Å². The molecule has 1 aliphatic rings. The van der Waals surface area contributed by atoms with Gasteiger partial charge in [0.25, 0.3) is 0 Å². The topological polar surface area (TPSA) is 95.2 Å². The maximum absolute atomic E-state index is 13.3. The maximum Gasteiger partial charge on any atom is 0.246 e. The predicted molar refractivity (Wildman–Crippen MR) is 111 cm³/mol. The molecule has 7 nitrogen and oxygen atoms in total. The summed E-state index contributed by atoms with van der Waals surface area (Å²) in [5, 5.41) is 12.1. The van der Waals surface area contributed by atoms with Crippen LogP contribution in [0.4, 0.5) is 10.1 Å². The van der Waals surface area contributed by atoms with E-state index >= 15 is 0 Å². The van der Waals surface area contributed by atoms with Crippen LogP contribution in [0.2, 0.25) is 5.02 Å². The Labute approximate surface area is 180 Å². The summed E-state index contributed by atoms with van der Waals surface area (Å²) in [5.41, 5.74) is 1.53. The molecule has 10 heteroatoms. The van der Waals surface area contributed by atoms with E-state index in [9.17, 15) is 22.9 Å². The fraction of sp³-hybridized carbons (Fsp3) is 0.400. The fourth-order valence-corrected chi connectivity index (χ4v) is 5.83. The minimum atomic E-state index is -3.95. The standard InChI is InChI=1S/C20H22ClFN4O3S/c1-12-16(10-23)19(13(2)25(12)3)30(28,29)26-8-4-5-14(11-26)20(27)24-15-6-7-18(22)17(21)9-15/h6-7,9,14H,4-5,8,11H2,1-3H3,(H,24,27)/t14-/m0/s1. The average molecular weight is 453 g/mol. The summed E-state index contributed by atoms with van der Waals surface area (Å²) >= 11 is 5.75. The number of anilines is 1. The minimum absolute atomic E-state index is 0.00133.